The molecule has 1 aromatic rings. The summed E-state index contributed by atoms with van der Waals surface area (Å²) in [6.45, 7) is 3.79. The summed E-state index contributed by atoms with van der Waals surface area (Å²) in [7, 11) is 0. The van der Waals surface area contributed by atoms with Gasteiger partial charge in [-0.15, -0.1) is 0 Å². The maximum absolute atomic E-state index is 5.58. The monoisotopic (exact) mass is 167 g/mol. The largest absolute Gasteiger partial charge is 0.467 e. The van der Waals surface area contributed by atoms with E-state index in [1.54, 1.807) is 6.26 Å². The Morgan fingerprint density at radius 3 is 3.17 bits per heavy atom. The van der Waals surface area contributed by atoms with E-state index in [4.69, 9.17) is 9.15 Å². The zero-order chi connectivity index (χ0) is 8.39. The Bertz CT molecular complexity index is 233. The molecule has 1 aliphatic heterocycles. The first-order valence-electron chi connectivity index (χ1n) is 4.26. The minimum absolute atomic E-state index is 0.0775. The van der Waals surface area contributed by atoms with E-state index in [9.17, 15) is 0 Å². The van der Waals surface area contributed by atoms with Crippen molar-refractivity contribution in [3.8, 4) is 0 Å². The van der Waals surface area contributed by atoms with Crippen molar-refractivity contribution in [3.63, 3.8) is 0 Å². The quantitative estimate of drug-likeness (QED) is 0.685. The molecule has 2 unspecified atom stereocenters. The van der Waals surface area contributed by atoms with Crippen molar-refractivity contribution in [2.24, 2.45) is 0 Å². The molecule has 66 valence electrons. The molecular formula is C9H13NO2. The van der Waals surface area contributed by atoms with E-state index in [1.807, 2.05) is 12.1 Å². The Labute approximate surface area is 71.7 Å². The van der Waals surface area contributed by atoms with Crippen LogP contribution >= 0.6 is 0 Å². The van der Waals surface area contributed by atoms with Gasteiger partial charge in [0.1, 0.15) is 11.9 Å². The highest BCUT2D eigenvalue weighted by molar-refractivity contribution is 5.05. The molecule has 2 heterocycles. The summed E-state index contributed by atoms with van der Waals surface area (Å²) < 4.78 is 10.9. The number of rotatable bonds is 1. The summed E-state index contributed by atoms with van der Waals surface area (Å²) in [5, 5.41) is 3.34. The zero-order valence-corrected chi connectivity index (χ0v) is 7.12. The Balaban J connectivity index is 2.11. The van der Waals surface area contributed by atoms with Crippen LogP contribution in [-0.4, -0.2) is 19.2 Å². The van der Waals surface area contributed by atoms with Crippen LogP contribution in [0.3, 0.4) is 0 Å². The van der Waals surface area contributed by atoms with Gasteiger partial charge >= 0.3 is 0 Å². The number of hydrogen-bond donors (Lipinski definition) is 1. The number of nitrogens with one attached hydrogen (secondary N) is 1. The summed E-state index contributed by atoms with van der Waals surface area (Å²) in [6, 6.07) is 4.18. The molecule has 12 heavy (non-hydrogen) atoms. The second kappa shape index (κ2) is 3.29. The fraction of sp³-hybridized carbons (Fsp3) is 0.556. The first-order chi connectivity index (χ1) is 5.88. The normalized spacial score (nSPS) is 30.4. The maximum atomic E-state index is 5.58. The van der Waals surface area contributed by atoms with Crippen molar-refractivity contribution in [2.45, 2.75) is 19.1 Å². The van der Waals surface area contributed by atoms with E-state index >= 15 is 0 Å². The predicted octanol–water partition coefficient (Wildman–Crippen LogP) is 1.33. The predicted molar refractivity (Wildman–Crippen MR) is 44.9 cm³/mol. The summed E-state index contributed by atoms with van der Waals surface area (Å²) in [4.78, 5) is 0. The molecule has 0 spiro atoms. The van der Waals surface area contributed by atoms with Gasteiger partial charge in [0.15, 0.2) is 0 Å². The van der Waals surface area contributed by atoms with Crippen LogP contribution in [0, 0.1) is 0 Å². The van der Waals surface area contributed by atoms with Gasteiger partial charge in [0, 0.05) is 12.6 Å². The highest BCUT2D eigenvalue weighted by atomic mass is 16.5. The number of ether oxygens (including phenoxy) is 1. The minimum atomic E-state index is 0.0775. The second-order valence-corrected chi connectivity index (χ2v) is 3.05. The summed E-state index contributed by atoms with van der Waals surface area (Å²) in [6.07, 6.45) is 1.76. The number of hydrogen-bond acceptors (Lipinski definition) is 3. The molecule has 1 aromatic heterocycles. The maximum Gasteiger partial charge on any atom is 0.134 e. The van der Waals surface area contributed by atoms with Crippen molar-refractivity contribution >= 4 is 0 Å². The number of furan rings is 1. The molecule has 3 heteroatoms. The molecule has 0 aromatic carbocycles. The second-order valence-electron chi connectivity index (χ2n) is 3.05. The molecule has 2 rings (SSSR count). The first-order valence-corrected chi connectivity index (χ1v) is 4.26. The van der Waals surface area contributed by atoms with Crippen LogP contribution in [0.2, 0.25) is 0 Å². The number of morpholine rings is 1. The fourth-order valence-electron chi connectivity index (χ4n) is 1.51. The van der Waals surface area contributed by atoms with Gasteiger partial charge in [-0.1, -0.05) is 0 Å². The molecule has 1 aliphatic rings. The van der Waals surface area contributed by atoms with Gasteiger partial charge in [-0.05, 0) is 19.1 Å². The van der Waals surface area contributed by atoms with E-state index in [0.717, 1.165) is 18.9 Å². The summed E-state index contributed by atoms with van der Waals surface area (Å²) in [5.74, 6) is 0.912. The summed E-state index contributed by atoms with van der Waals surface area (Å²) >= 11 is 0. The average molecular weight is 167 g/mol. The van der Waals surface area contributed by atoms with Crippen molar-refractivity contribution in [1.29, 1.82) is 0 Å². The van der Waals surface area contributed by atoms with Crippen LogP contribution < -0.4 is 5.32 Å². The molecule has 3 nitrogen and oxygen atoms in total. The van der Waals surface area contributed by atoms with Crippen molar-refractivity contribution in [1.82, 2.24) is 5.32 Å². The van der Waals surface area contributed by atoms with Gasteiger partial charge in [-0.3, -0.25) is 0 Å². The molecule has 2 atom stereocenters. The lowest BCUT2D eigenvalue weighted by molar-refractivity contribution is -0.0128. The van der Waals surface area contributed by atoms with Gasteiger partial charge in [0.2, 0.25) is 0 Å². The van der Waals surface area contributed by atoms with Crippen LogP contribution in [0.15, 0.2) is 22.8 Å². The van der Waals surface area contributed by atoms with Crippen molar-refractivity contribution in [3.05, 3.63) is 24.2 Å². The van der Waals surface area contributed by atoms with Crippen molar-refractivity contribution < 1.29 is 9.15 Å². The Hall–Kier alpha value is -0.800. The lowest BCUT2D eigenvalue weighted by Crippen LogP contribution is -2.41. The van der Waals surface area contributed by atoms with E-state index in [-0.39, 0.29) is 6.10 Å². The van der Waals surface area contributed by atoms with Crippen LogP contribution in [0.4, 0.5) is 0 Å². The van der Waals surface area contributed by atoms with E-state index in [0.29, 0.717) is 6.04 Å². The van der Waals surface area contributed by atoms with Gasteiger partial charge in [0.25, 0.3) is 0 Å². The van der Waals surface area contributed by atoms with E-state index in [2.05, 4.69) is 12.2 Å². The molecular weight excluding hydrogens is 154 g/mol. The molecule has 0 aliphatic carbocycles. The SMILES string of the molecule is CC1NCCOC1c1ccco1. The minimum Gasteiger partial charge on any atom is -0.467 e. The highest BCUT2D eigenvalue weighted by Gasteiger charge is 2.25. The molecule has 0 bridgehead atoms. The fourth-order valence-corrected chi connectivity index (χ4v) is 1.51. The lowest BCUT2D eigenvalue weighted by atomic mass is 10.1. The van der Waals surface area contributed by atoms with Crippen LogP contribution in [0.25, 0.3) is 0 Å². The zero-order valence-electron chi connectivity index (χ0n) is 7.12. The Morgan fingerprint density at radius 2 is 2.50 bits per heavy atom. The van der Waals surface area contributed by atoms with Crippen LogP contribution in [-0.2, 0) is 4.74 Å². The van der Waals surface area contributed by atoms with Crippen LogP contribution in [0.1, 0.15) is 18.8 Å². The summed E-state index contributed by atoms with van der Waals surface area (Å²) in [5.41, 5.74) is 0. The smallest absolute Gasteiger partial charge is 0.134 e. The van der Waals surface area contributed by atoms with Gasteiger partial charge in [0.05, 0.1) is 12.9 Å². The molecule has 1 fully saturated rings. The van der Waals surface area contributed by atoms with Crippen LogP contribution in [0.5, 0.6) is 0 Å². The lowest BCUT2D eigenvalue weighted by Gasteiger charge is -2.28. The van der Waals surface area contributed by atoms with Gasteiger partial charge in [-0.25, -0.2) is 0 Å². The topological polar surface area (TPSA) is 34.4 Å². The van der Waals surface area contributed by atoms with Gasteiger partial charge < -0.3 is 14.5 Å². The third-order valence-electron chi connectivity index (χ3n) is 2.14. The Kier molecular flexibility index (Phi) is 2.15. The molecule has 0 radical (unpaired) electrons. The molecule has 0 saturated carbocycles. The van der Waals surface area contributed by atoms with E-state index in [1.165, 1.54) is 0 Å². The standard InChI is InChI=1S/C9H13NO2/c1-7-9(12-6-4-10-7)8-3-2-5-11-8/h2-3,5,7,9-10H,4,6H2,1H3. The third kappa shape index (κ3) is 1.38. The van der Waals surface area contributed by atoms with Crippen molar-refractivity contribution in [2.75, 3.05) is 13.2 Å². The molecule has 0 amide bonds. The van der Waals surface area contributed by atoms with E-state index < -0.39 is 0 Å². The highest BCUT2D eigenvalue weighted by Crippen LogP contribution is 2.23. The first kappa shape index (κ1) is 7.83. The Morgan fingerprint density at radius 1 is 1.58 bits per heavy atom. The molecule has 1 saturated heterocycles. The average Bonchev–Trinajstić information content (AvgIpc) is 2.57. The molecule has 1 N–H and O–H groups in total. The van der Waals surface area contributed by atoms with Gasteiger partial charge in [-0.2, -0.15) is 0 Å². The third-order valence-corrected chi connectivity index (χ3v) is 2.14.